The molecule has 3 amide bonds. The van der Waals surface area contributed by atoms with Gasteiger partial charge in [0.05, 0.1) is 0 Å². The van der Waals surface area contributed by atoms with Crippen LogP contribution in [0.1, 0.15) is 24.0 Å². The Hall–Kier alpha value is -3.85. The van der Waals surface area contributed by atoms with Crippen LogP contribution >= 0.6 is 11.6 Å². The summed E-state index contributed by atoms with van der Waals surface area (Å²) in [5, 5.41) is 9.00. The second-order valence-corrected chi connectivity index (χ2v) is 8.60. The Morgan fingerprint density at radius 1 is 1.18 bits per heavy atom. The quantitative estimate of drug-likeness (QED) is 0.539. The van der Waals surface area contributed by atoms with Crippen LogP contribution in [-0.4, -0.2) is 28.0 Å². The maximum absolute atomic E-state index is 12.7. The number of aromatic nitrogens is 2. The van der Waals surface area contributed by atoms with Crippen LogP contribution < -0.4 is 25.4 Å². The van der Waals surface area contributed by atoms with Gasteiger partial charge in [0.15, 0.2) is 0 Å². The van der Waals surface area contributed by atoms with Gasteiger partial charge in [-0.2, -0.15) is 0 Å². The molecule has 2 aromatic heterocycles. The minimum atomic E-state index is -0.622. The van der Waals surface area contributed by atoms with E-state index in [0.717, 1.165) is 11.1 Å². The van der Waals surface area contributed by atoms with E-state index in [-0.39, 0.29) is 12.0 Å². The lowest BCUT2D eigenvalue weighted by Gasteiger charge is -2.20. The summed E-state index contributed by atoms with van der Waals surface area (Å²) in [5.41, 5.74) is 1.10. The number of amides is 3. The molecule has 2 aliphatic heterocycles. The maximum Gasteiger partial charge on any atom is 0.321 e. The van der Waals surface area contributed by atoms with E-state index in [1.54, 1.807) is 24.4 Å². The zero-order valence-electron chi connectivity index (χ0n) is 17.2. The molecule has 0 spiro atoms. The lowest BCUT2D eigenvalue weighted by molar-refractivity contribution is -0.116. The van der Waals surface area contributed by atoms with Crippen molar-refractivity contribution in [2.75, 3.05) is 10.6 Å². The first-order chi connectivity index (χ1) is 16.0. The molecule has 1 unspecified atom stereocenters. The number of rotatable bonds is 4. The van der Waals surface area contributed by atoms with Gasteiger partial charge in [-0.3, -0.25) is 10.1 Å². The maximum atomic E-state index is 12.7. The molecule has 0 bridgehead atoms. The summed E-state index contributed by atoms with van der Waals surface area (Å²) in [5.74, 6) is 2.79. The monoisotopic (exact) mass is 463 g/mol. The molecule has 3 N–H and O–H groups in total. The van der Waals surface area contributed by atoms with Crippen molar-refractivity contribution in [3.63, 3.8) is 0 Å². The standard InChI is InChI=1S/C23H18ClN5O4/c24-12-5-7-25-19(9-12)27-22(31)29-23-11-18(23)33-17-3-1-13(10-15(17)23)32-16-6-8-26-21-14(16)2-4-20(30)28-21/h1,3,5-10,18H,2,4,11H2,(H,26,28,30)(H2,25,27,29,31)/t18-,23?/m0/s1. The molecule has 3 aromatic rings. The molecule has 0 saturated heterocycles. The number of nitrogens with zero attached hydrogens (tertiary/aromatic N) is 2. The first kappa shape index (κ1) is 19.8. The van der Waals surface area contributed by atoms with Crippen molar-refractivity contribution < 1.29 is 19.1 Å². The van der Waals surface area contributed by atoms with Crippen molar-refractivity contribution in [1.29, 1.82) is 0 Å². The van der Waals surface area contributed by atoms with Gasteiger partial charge in [-0.1, -0.05) is 11.6 Å². The molecular formula is C23H18ClN5O4. The number of fused-ring (bicyclic) bond motifs is 4. The van der Waals surface area contributed by atoms with Crippen molar-refractivity contribution in [1.82, 2.24) is 15.3 Å². The van der Waals surface area contributed by atoms with Gasteiger partial charge in [-0.05, 0) is 42.8 Å². The van der Waals surface area contributed by atoms with E-state index >= 15 is 0 Å². The fourth-order valence-electron chi connectivity index (χ4n) is 4.34. The Bertz CT molecular complexity index is 1320. The number of urea groups is 1. The predicted octanol–water partition coefficient (Wildman–Crippen LogP) is 3.99. The molecule has 1 aromatic carbocycles. The van der Waals surface area contributed by atoms with Crippen LogP contribution in [0.3, 0.4) is 0 Å². The van der Waals surface area contributed by atoms with Crippen molar-refractivity contribution in [2.24, 2.45) is 0 Å². The van der Waals surface area contributed by atoms with Gasteiger partial charge in [-0.15, -0.1) is 0 Å². The van der Waals surface area contributed by atoms with E-state index in [1.807, 2.05) is 18.2 Å². The number of pyridine rings is 2. The molecule has 3 aliphatic rings. The Balaban J connectivity index is 1.23. The molecule has 1 fully saturated rings. The zero-order valence-corrected chi connectivity index (χ0v) is 18.0. The first-order valence-electron chi connectivity index (χ1n) is 10.5. The van der Waals surface area contributed by atoms with Crippen LogP contribution in [0.5, 0.6) is 17.2 Å². The van der Waals surface area contributed by atoms with Gasteiger partial charge in [0, 0.05) is 41.4 Å². The third kappa shape index (κ3) is 3.50. The lowest BCUT2D eigenvalue weighted by Crippen LogP contribution is -2.39. The van der Waals surface area contributed by atoms with Crippen LogP contribution in [0, 0.1) is 0 Å². The molecule has 9 nitrogen and oxygen atoms in total. The Morgan fingerprint density at radius 3 is 2.94 bits per heavy atom. The van der Waals surface area contributed by atoms with Gasteiger partial charge in [0.2, 0.25) is 5.91 Å². The summed E-state index contributed by atoms with van der Waals surface area (Å²) in [6.07, 6.45) is 4.60. The van der Waals surface area contributed by atoms with Gasteiger partial charge in [-0.25, -0.2) is 14.8 Å². The van der Waals surface area contributed by atoms with Crippen LogP contribution in [0.15, 0.2) is 48.8 Å². The summed E-state index contributed by atoms with van der Waals surface area (Å²) in [4.78, 5) is 32.6. The molecule has 2 atom stereocenters. The number of hydrogen-bond donors (Lipinski definition) is 3. The number of ether oxygens (including phenoxy) is 2. The highest BCUT2D eigenvalue weighted by atomic mass is 35.5. The summed E-state index contributed by atoms with van der Waals surface area (Å²) >= 11 is 5.97. The molecule has 4 heterocycles. The van der Waals surface area contributed by atoms with E-state index in [2.05, 4.69) is 25.9 Å². The molecule has 166 valence electrons. The second-order valence-electron chi connectivity index (χ2n) is 8.16. The smallest absolute Gasteiger partial charge is 0.321 e. The number of benzene rings is 1. The van der Waals surface area contributed by atoms with Gasteiger partial charge in [0.1, 0.15) is 40.5 Å². The van der Waals surface area contributed by atoms with Crippen molar-refractivity contribution in [3.8, 4) is 17.2 Å². The van der Waals surface area contributed by atoms with Crippen LogP contribution in [0.2, 0.25) is 5.02 Å². The third-order valence-electron chi connectivity index (χ3n) is 6.00. The number of nitrogens with one attached hydrogen (secondary N) is 3. The summed E-state index contributed by atoms with van der Waals surface area (Å²) in [7, 11) is 0. The normalized spacial score (nSPS) is 21.6. The highest BCUT2D eigenvalue weighted by Gasteiger charge is 2.64. The molecule has 1 aliphatic carbocycles. The summed E-state index contributed by atoms with van der Waals surface area (Å²) in [6.45, 7) is 0. The van der Waals surface area contributed by atoms with Crippen LogP contribution in [0.4, 0.5) is 16.4 Å². The molecule has 33 heavy (non-hydrogen) atoms. The topological polar surface area (TPSA) is 114 Å². The third-order valence-corrected chi connectivity index (χ3v) is 6.23. The Kier molecular flexibility index (Phi) is 4.41. The summed E-state index contributed by atoms with van der Waals surface area (Å²) in [6, 6.07) is 10.1. The van der Waals surface area contributed by atoms with Crippen molar-refractivity contribution in [2.45, 2.75) is 30.9 Å². The minimum Gasteiger partial charge on any atom is -0.487 e. The fraction of sp³-hybridized carbons (Fsp3) is 0.217. The zero-order chi connectivity index (χ0) is 22.6. The van der Waals surface area contributed by atoms with E-state index in [1.165, 1.54) is 6.20 Å². The molecule has 6 rings (SSSR count). The number of carbonyl (C=O) groups is 2. The largest absolute Gasteiger partial charge is 0.487 e. The average Bonchev–Trinajstić information content (AvgIpc) is 3.38. The van der Waals surface area contributed by atoms with Crippen molar-refractivity contribution >= 4 is 35.2 Å². The Labute approximate surface area is 193 Å². The second kappa shape index (κ2) is 7.35. The van der Waals surface area contributed by atoms with Gasteiger partial charge in [0.25, 0.3) is 0 Å². The average molecular weight is 464 g/mol. The predicted molar refractivity (Wildman–Crippen MR) is 120 cm³/mol. The van der Waals surface area contributed by atoms with Gasteiger partial charge < -0.3 is 20.1 Å². The SMILES string of the molecule is O=C1CCc2c(Oc3ccc4c(c3)C3(NC(=O)Nc5cc(Cl)ccn5)C[C@@H]3O4)ccnc2N1. The van der Waals surface area contributed by atoms with E-state index in [4.69, 9.17) is 21.1 Å². The lowest BCUT2D eigenvalue weighted by atomic mass is 10.0. The molecule has 0 radical (unpaired) electrons. The van der Waals surface area contributed by atoms with E-state index < -0.39 is 11.6 Å². The highest BCUT2D eigenvalue weighted by molar-refractivity contribution is 6.30. The minimum absolute atomic E-state index is 0.0547. The number of carbonyl (C=O) groups excluding carboxylic acids is 2. The molecule has 1 saturated carbocycles. The molecule has 10 heteroatoms. The number of anilines is 2. The van der Waals surface area contributed by atoms with Gasteiger partial charge >= 0.3 is 6.03 Å². The molecular weight excluding hydrogens is 446 g/mol. The first-order valence-corrected chi connectivity index (χ1v) is 10.9. The number of hydrogen-bond acceptors (Lipinski definition) is 6. The number of halogens is 1. The fourth-order valence-corrected chi connectivity index (χ4v) is 4.50. The van der Waals surface area contributed by atoms with Crippen LogP contribution in [0.25, 0.3) is 0 Å². The van der Waals surface area contributed by atoms with E-state index in [9.17, 15) is 9.59 Å². The van der Waals surface area contributed by atoms with Crippen LogP contribution in [-0.2, 0) is 16.8 Å². The highest BCUT2D eigenvalue weighted by Crippen LogP contribution is 2.58. The van der Waals surface area contributed by atoms with Crippen molar-refractivity contribution in [3.05, 3.63) is 64.9 Å². The summed E-state index contributed by atoms with van der Waals surface area (Å²) < 4.78 is 12.1. The van der Waals surface area contributed by atoms with E-state index in [0.29, 0.717) is 53.2 Å². The Morgan fingerprint density at radius 2 is 2.06 bits per heavy atom.